The molecular formula is C42H29N2O+. The number of pyridine rings is 2. The van der Waals surface area contributed by atoms with E-state index < -0.39 is 0 Å². The molecule has 0 N–H and O–H groups in total. The van der Waals surface area contributed by atoms with Crippen molar-refractivity contribution in [1.29, 1.82) is 0 Å². The lowest BCUT2D eigenvalue weighted by Gasteiger charge is -2.42. The average Bonchev–Trinajstić information content (AvgIpc) is 3.46. The molecule has 11 rings (SSSR count). The highest BCUT2D eigenvalue weighted by Gasteiger charge is 2.41. The second kappa shape index (κ2) is 8.99. The van der Waals surface area contributed by atoms with E-state index in [-0.39, 0.29) is 11.8 Å². The van der Waals surface area contributed by atoms with Gasteiger partial charge in [0, 0.05) is 40.9 Å². The lowest BCUT2D eigenvalue weighted by Crippen LogP contribution is -2.30. The maximum atomic E-state index is 6.40. The number of hydrogen-bond donors (Lipinski definition) is 0. The number of nitrogens with zero attached hydrogens (tertiary/aromatic N) is 2. The monoisotopic (exact) mass is 577 g/mol. The van der Waals surface area contributed by atoms with E-state index in [4.69, 9.17) is 4.42 Å². The number of aryl methyl sites for hydroxylation is 2. The van der Waals surface area contributed by atoms with E-state index in [0.717, 1.165) is 27.6 Å². The third-order valence-electron chi connectivity index (χ3n) is 10.3. The van der Waals surface area contributed by atoms with Gasteiger partial charge in [-0.2, -0.15) is 0 Å². The summed E-state index contributed by atoms with van der Waals surface area (Å²) in [5, 5.41) is 4.77. The van der Waals surface area contributed by atoms with Gasteiger partial charge in [-0.05, 0) is 98.1 Å². The van der Waals surface area contributed by atoms with E-state index >= 15 is 0 Å². The zero-order valence-electron chi connectivity index (χ0n) is 25.1. The fourth-order valence-corrected chi connectivity index (χ4v) is 8.17. The third kappa shape index (κ3) is 3.41. The van der Waals surface area contributed by atoms with Crippen molar-refractivity contribution >= 4 is 32.8 Å². The molecule has 2 atom stereocenters. The summed E-state index contributed by atoms with van der Waals surface area (Å²) < 4.78 is 8.60. The summed E-state index contributed by atoms with van der Waals surface area (Å²) in [6.07, 6.45) is 3.96. The SMILES string of the molecule is Cc1ccc2c(oc3ncccc32)c1-c1cc(-c2ccc3c(c2)C2c4ccccc4C3c3cc4ccccc4cc32)cc[n+]1C. The molecule has 3 aliphatic rings. The van der Waals surface area contributed by atoms with Gasteiger partial charge in [0.05, 0.1) is 5.56 Å². The minimum Gasteiger partial charge on any atom is -0.437 e. The Morgan fingerprint density at radius 1 is 0.600 bits per heavy atom. The molecule has 0 spiro atoms. The molecule has 0 fully saturated rings. The highest BCUT2D eigenvalue weighted by Crippen LogP contribution is 2.56. The van der Waals surface area contributed by atoms with Gasteiger partial charge in [-0.1, -0.05) is 72.8 Å². The Morgan fingerprint density at radius 3 is 2.04 bits per heavy atom. The standard InChI is InChI=1S/C42H29N2O/c1-24-13-15-32-33-12-7-18-43-42(33)45-41(32)38(24)37-23-28(17-19-44(37)2)27-14-16-31-34(22-27)40-30-11-6-5-10-29(30)39(31)35-20-25-8-3-4-9-26(25)21-36(35)40/h3-23,39-40H,1-2H3/q+1. The van der Waals surface area contributed by atoms with Crippen molar-refractivity contribution in [3.05, 3.63) is 167 Å². The quantitative estimate of drug-likeness (QED) is 0.192. The van der Waals surface area contributed by atoms with Crippen molar-refractivity contribution in [2.75, 3.05) is 0 Å². The molecule has 3 heteroatoms. The average molecular weight is 578 g/mol. The Hall–Kier alpha value is -5.54. The minimum absolute atomic E-state index is 0.221. The molecule has 0 saturated carbocycles. The lowest BCUT2D eigenvalue weighted by atomic mass is 9.60. The predicted octanol–water partition coefficient (Wildman–Crippen LogP) is 9.59. The summed E-state index contributed by atoms with van der Waals surface area (Å²) >= 11 is 0. The third-order valence-corrected chi connectivity index (χ3v) is 10.3. The van der Waals surface area contributed by atoms with Crippen LogP contribution in [-0.2, 0) is 7.05 Å². The van der Waals surface area contributed by atoms with Crippen LogP contribution >= 0.6 is 0 Å². The molecule has 2 unspecified atom stereocenters. The molecule has 3 nitrogen and oxygen atoms in total. The van der Waals surface area contributed by atoms with Gasteiger partial charge in [0.1, 0.15) is 7.05 Å². The number of benzene rings is 5. The van der Waals surface area contributed by atoms with Crippen molar-refractivity contribution in [2.24, 2.45) is 7.05 Å². The number of hydrogen-bond acceptors (Lipinski definition) is 2. The number of aromatic nitrogens is 2. The van der Waals surface area contributed by atoms with Crippen molar-refractivity contribution < 1.29 is 8.98 Å². The highest BCUT2D eigenvalue weighted by atomic mass is 16.3. The molecule has 3 aromatic heterocycles. The van der Waals surface area contributed by atoms with Crippen LogP contribution in [0.15, 0.2) is 132 Å². The van der Waals surface area contributed by atoms with Crippen molar-refractivity contribution in [1.82, 2.24) is 4.98 Å². The first kappa shape index (κ1) is 24.9. The first-order chi connectivity index (χ1) is 22.1. The smallest absolute Gasteiger partial charge is 0.227 e. The summed E-state index contributed by atoms with van der Waals surface area (Å²) in [4.78, 5) is 4.51. The largest absolute Gasteiger partial charge is 0.437 e. The van der Waals surface area contributed by atoms with E-state index in [1.165, 1.54) is 60.8 Å². The highest BCUT2D eigenvalue weighted by molar-refractivity contribution is 6.08. The predicted molar refractivity (Wildman–Crippen MR) is 181 cm³/mol. The normalized spacial score (nSPS) is 16.2. The van der Waals surface area contributed by atoms with Crippen LogP contribution in [0.1, 0.15) is 50.8 Å². The molecule has 0 saturated heterocycles. The van der Waals surface area contributed by atoms with Crippen LogP contribution < -0.4 is 4.57 Å². The molecule has 212 valence electrons. The Morgan fingerprint density at radius 2 is 1.27 bits per heavy atom. The minimum atomic E-state index is 0.221. The molecule has 0 radical (unpaired) electrons. The van der Waals surface area contributed by atoms with Crippen molar-refractivity contribution in [3.63, 3.8) is 0 Å². The van der Waals surface area contributed by atoms with Gasteiger partial charge in [0.25, 0.3) is 0 Å². The first-order valence-corrected chi connectivity index (χ1v) is 15.7. The summed E-state index contributed by atoms with van der Waals surface area (Å²) in [5.41, 5.74) is 16.1. The molecule has 0 amide bonds. The van der Waals surface area contributed by atoms with Gasteiger partial charge in [0.15, 0.2) is 11.8 Å². The lowest BCUT2D eigenvalue weighted by molar-refractivity contribution is -0.660. The second-order valence-corrected chi connectivity index (χ2v) is 12.7. The van der Waals surface area contributed by atoms with Gasteiger partial charge < -0.3 is 4.42 Å². The number of rotatable bonds is 2. The Labute approximate surface area is 261 Å². The van der Waals surface area contributed by atoms with Crippen LogP contribution in [0.25, 0.3) is 55.2 Å². The molecule has 3 heterocycles. The fraction of sp³-hybridized carbons (Fsp3) is 0.0952. The van der Waals surface area contributed by atoms with Gasteiger partial charge in [-0.3, -0.25) is 0 Å². The van der Waals surface area contributed by atoms with E-state index in [0.29, 0.717) is 5.71 Å². The first-order valence-electron chi connectivity index (χ1n) is 15.7. The summed E-state index contributed by atoms with van der Waals surface area (Å²) in [6.45, 7) is 2.16. The van der Waals surface area contributed by atoms with Crippen LogP contribution in [0.3, 0.4) is 0 Å². The van der Waals surface area contributed by atoms with E-state index in [2.05, 4.69) is 139 Å². The Kier molecular flexibility index (Phi) is 4.97. The summed E-state index contributed by atoms with van der Waals surface area (Å²) in [7, 11) is 2.11. The zero-order valence-corrected chi connectivity index (χ0v) is 25.1. The zero-order chi connectivity index (χ0) is 29.8. The molecule has 45 heavy (non-hydrogen) atoms. The molecule has 0 aliphatic heterocycles. The maximum absolute atomic E-state index is 6.40. The molecule has 8 aromatic rings. The summed E-state index contributed by atoms with van der Waals surface area (Å²) in [5.74, 6) is 0.472. The van der Waals surface area contributed by atoms with Gasteiger partial charge in [0.2, 0.25) is 11.4 Å². The van der Waals surface area contributed by atoms with Crippen LogP contribution in [0.5, 0.6) is 0 Å². The van der Waals surface area contributed by atoms with E-state index in [1.54, 1.807) is 6.20 Å². The molecule has 2 bridgehead atoms. The van der Waals surface area contributed by atoms with Crippen molar-refractivity contribution in [3.8, 4) is 22.4 Å². The summed E-state index contributed by atoms with van der Waals surface area (Å²) in [6, 6.07) is 42.9. The maximum Gasteiger partial charge on any atom is 0.227 e. The topological polar surface area (TPSA) is 29.9 Å². The Bertz CT molecular complexity index is 2540. The van der Waals surface area contributed by atoms with Crippen LogP contribution in [0.4, 0.5) is 0 Å². The van der Waals surface area contributed by atoms with Gasteiger partial charge in [-0.15, -0.1) is 0 Å². The Balaban J connectivity index is 1.16. The van der Waals surface area contributed by atoms with Crippen LogP contribution in [-0.4, -0.2) is 4.98 Å². The van der Waals surface area contributed by atoms with Crippen molar-refractivity contribution in [2.45, 2.75) is 18.8 Å². The van der Waals surface area contributed by atoms with Crippen LogP contribution in [0, 0.1) is 6.92 Å². The second-order valence-electron chi connectivity index (χ2n) is 12.7. The molecule has 5 aromatic carbocycles. The molecular weight excluding hydrogens is 548 g/mol. The number of furan rings is 1. The number of fused-ring (bicyclic) bond motifs is 4. The van der Waals surface area contributed by atoms with E-state index in [1.807, 2.05) is 6.07 Å². The fourth-order valence-electron chi connectivity index (χ4n) is 8.17. The van der Waals surface area contributed by atoms with Gasteiger partial charge >= 0.3 is 0 Å². The van der Waals surface area contributed by atoms with E-state index in [9.17, 15) is 0 Å². The van der Waals surface area contributed by atoms with Crippen LogP contribution in [0.2, 0.25) is 0 Å². The van der Waals surface area contributed by atoms with Gasteiger partial charge in [-0.25, -0.2) is 9.55 Å². The molecule has 3 aliphatic carbocycles.